The summed E-state index contributed by atoms with van der Waals surface area (Å²) in [6, 6.07) is 13.4. The van der Waals surface area contributed by atoms with E-state index in [0.29, 0.717) is 45.9 Å². The lowest BCUT2D eigenvalue weighted by atomic mass is 10.1. The van der Waals surface area contributed by atoms with Gasteiger partial charge in [-0.3, -0.25) is 9.59 Å². The first-order valence-corrected chi connectivity index (χ1v) is 10.2. The molecule has 0 aliphatic carbocycles. The van der Waals surface area contributed by atoms with Crippen molar-refractivity contribution in [1.82, 2.24) is 9.78 Å². The number of carbonyl (C=O) groups excluding carboxylic acids is 1. The summed E-state index contributed by atoms with van der Waals surface area (Å²) < 4.78 is 11.9. The molecule has 31 heavy (non-hydrogen) atoms. The summed E-state index contributed by atoms with van der Waals surface area (Å²) in [6.45, 7) is 0.300. The van der Waals surface area contributed by atoms with Crippen LogP contribution in [-0.2, 0) is 11.3 Å². The molecule has 0 saturated heterocycles. The van der Waals surface area contributed by atoms with Gasteiger partial charge in [0.15, 0.2) is 11.5 Å². The Bertz CT molecular complexity index is 1150. The van der Waals surface area contributed by atoms with Crippen molar-refractivity contribution in [2.24, 2.45) is 0 Å². The Morgan fingerprint density at radius 3 is 2.48 bits per heavy atom. The molecule has 0 atom stereocenters. The molecule has 0 aliphatic heterocycles. The second-order valence-electron chi connectivity index (χ2n) is 6.63. The van der Waals surface area contributed by atoms with Crippen LogP contribution in [0.25, 0.3) is 11.3 Å². The fourth-order valence-electron chi connectivity index (χ4n) is 2.95. The highest BCUT2D eigenvalue weighted by Gasteiger charge is 2.10. The number of anilines is 1. The van der Waals surface area contributed by atoms with Crippen LogP contribution in [0.5, 0.6) is 11.5 Å². The van der Waals surface area contributed by atoms with Gasteiger partial charge in [0.25, 0.3) is 5.56 Å². The van der Waals surface area contributed by atoms with Gasteiger partial charge in [0.1, 0.15) is 0 Å². The molecule has 2 aromatic carbocycles. The van der Waals surface area contributed by atoms with Crippen LogP contribution in [-0.4, -0.2) is 29.9 Å². The van der Waals surface area contributed by atoms with Crippen LogP contribution in [0.3, 0.4) is 0 Å². The molecular formula is C22H21Cl2N3O4. The molecule has 0 saturated carbocycles. The van der Waals surface area contributed by atoms with Crippen molar-refractivity contribution >= 4 is 34.8 Å². The Labute approximate surface area is 189 Å². The summed E-state index contributed by atoms with van der Waals surface area (Å²) in [4.78, 5) is 24.4. The average molecular weight is 462 g/mol. The third-order valence-electron chi connectivity index (χ3n) is 4.52. The average Bonchev–Trinajstić information content (AvgIpc) is 2.77. The van der Waals surface area contributed by atoms with Crippen molar-refractivity contribution in [3.63, 3.8) is 0 Å². The quantitative estimate of drug-likeness (QED) is 0.527. The van der Waals surface area contributed by atoms with E-state index in [0.717, 1.165) is 5.56 Å². The smallest absolute Gasteiger partial charge is 0.266 e. The molecule has 0 aliphatic rings. The lowest BCUT2D eigenvalue weighted by molar-refractivity contribution is -0.116. The van der Waals surface area contributed by atoms with Crippen LogP contribution in [0.4, 0.5) is 5.69 Å². The molecule has 7 nitrogen and oxygen atoms in total. The predicted octanol–water partition coefficient (Wildman–Crippen LogP) is 4.65. The van der Waals surface area contributed by atoms with Crippen molar-refractivity contribution in [3.05, 3.63) is 68.9 Å². The number of ether oxygens (including phenoxy) is 2. The van der Waals surface area contributed by atoms with Crippen LogP contribution < -0.4 is 20.3 Å². The van der Waals surface area contributed by atoms with Gasteiger partial charge in [0, 0.05) is 30.3 Å². The number of amides is 1. The van der Waals surface area contributed by atoms with Crippen molar-refractivity contribution in [1.29, 1.82) is 0 Å². The van der Waals surface area contributed by atoms with Crippen LogP contribution in [0.2, 0.25) is 10.0 Å². The highest BCUT2D eigenvalue weighted by atomic mass is 35.5. The van der Waals surface area contributed by atoms with Gasteiger partial charge >= 0.3 is 0 Å². The zero-order valence-corrected chi connectivity index (χ0v) is 18.5. The van der Waals surface area contributed by atoms with E-state index in [-0.39, 0.29) is 17.9 Å². The number of hydrogen-bond donors (Lipinski definition) is 1. The van der Waals surface area contributed by atoms with Crippen molar-refractivity contribution in [3.8, 4) is 22.8 Å². The number of hydrogen-bond acceptors (Lipinski definition) is 5. The largest absolute Gasteiger partial charge is 0.493 e. The summed E-state index contributed by atoms with van der Waals surface area (Å²) in [5, 5.41) is 7.95. The van der Waals surface area contributed by atoms with Gasteiger partial charge < -0.3 is 14.8 Å². The van der Waals surface area contributed by atoms with E-state index in [1.54, 1.807) is 50.6 Å². The van der Waals surface area contributed by atoms with Crippen LogP contribution in [0, 0.1) is 0 Å². The summed E-state index contributed by atoms with van der Waals surface area (Å²) >= 11 is 11.8. The minimum Gasteiger partial charge on any atom is -0.493 e. The molecule has 9 heteroatoms. The van der Waals surface area contributed by atoms with E-state index in [9.17, 15) is 9.59 Å². The maximum absolute atomic E-state index is 12.2. The molecule has 3 aromatic rings. The van der Waals surface area contributed by atoms with E-state index >= 15 is 0 Å². The zero-order chi connectivity index (χ0) is 22.4. The van der Waals surface area contributed by atoms with Crippen molar-refractivity contribution in [2.45, 2.75) is 19.4 Å². The van der Waals surface area contributed by atoms with E-state index in [4.69, 9.17) is 32.7 Å². The number of halogens is 2. The summed E-state index contributed by atoms with van der Waals surface area (Å²) in [7, 11) is 3.12. The number of nitrogens with one attached hydrogen (secondary N) is 1. The van der Waals surface area contributed by atoms with Crippen molar-refractivity contribution in [2.75, 3.05) is 19.5 Å². The maximum Gasteiger partial charge on any atom is 0.266 e. The fourth-order valence-corrected chi connectivity index (χ4v) is 3.24. The summed E-state index contributed by atoms with van der Waals surface area (Å²) in [6.07, 6.45) is 0.657. The second-order valence-corrected chi connectivity index (χ2v) is 7.44. The molecule has 3 rings (SSSR count). The third-order valence-corrected chi connectivity index (χ3v) is 5.26. The van der Waals surface area contributed by atoms with Gasteiger partial charge in [-0.2, -0.15) is 5.10 Å². The molecule has 0 radical (unpaired) electrons. The first-order chi connectivity index (χ1) is 14.9. The molecule has 0 bridgehead atoms. The van der Waals surface area contributed by atoms with Crippen LogP contribution >= 0.6 is 23.2 Å². The maximum atomic E-state index is 12.2. The SMILES string of the molecule is COc1ccc(-c2ccc(=O)n(CCCC(=O)Nc3ccc(Cl)c(Cl)c3)n2)cc1OC. The fraction of sp³-hybridized carbons (Fsp3) is 0.227. The molecule has 1 aromatic heterocycles. The monoisotopic (exact) mass is 461 g/mol. The number of rotatable bonds is 8. The van der Waals surface area contributed by atoms with E-state index in [1.807, 2.05) is 6.07 Å². The highest BCUT2D eigenvalue weighted by Crippen LogP contribution is 2.31. The number of methoxy groups -OCH3 is 2. The molecule has 1 N–H and O–H groups in total. The number of aryl methyl sites for hydroxylation is 1. The molecule has 1 amide bonds. The predicted molar refractivity (Wildman–Crippen MR) is 121 cm³/mol. The number of aromatic nitrogens is 2. The zero-order valence-electron chi connectivity index (χ0n) is 17.0. The van der Waals surface area contributed by atoms with Crippen LogP contribution in [0.15, 0.2) is 53.3 Å². The molecule has 0 unspecified atom stereocenters. The normalized spacial score (nSPS) is 10.6. The number of carbonyl (C=O) groups is 1. The Morgan fingerprint density at radius 2 is 1.77 bits per heavy atom. The van der Waals surface area contributed by atoms with Crippen molar-refractivity contribution < 1.29 is 14.3 Å². The van der Waals surface area contributed by atoms with E-state index in [1.165, 1.54) is 10.7 Å². The van der Waals surface area contributed by atoms with Gasteiger partial charge in [-0.15, -0.1) is 0 Å². The number of benzene rings is 2. The minimum atomic E-state index is -0.242. The summed E-state index contributed by atoms with van der Waals surface area (Å²) in [5.74, 6) is 0.980. The standard InChI is InChI=1S/C22H21Cl2N3O4/c1-30-19-9-5-14(12-20(19)31-2)18-8-10-22(29)27(26-18)11-3-4-21(28)25-15-6-7-16(23)17(24)13-15/h5-10,12-13H,3-4,11H2,1-2H3,(H,25,28). The summed E-state index contributed by atoms with van der Waals surface area (Å²) in [5.41, 5.74) is 1.71. The second kappa shape index (κ2) is 10.3. The van der Waals surface area contributed by atoms with Gasteiger partial charge in [0.2, 0.25) is 5.91 Å². The first-order valence-electron chi connectivity index (χ1n) is 9.46. The topological polar surface area (TPSA) is 82.5 Å². The Morgan fingerprint density at radius 1 is 1.00 bits per heavy atom. The first kappa shape index (κ1) is 22.7. The Balaban J connectivity index is 1.65. The van der Waals surface area contributed by atoms with Gasteiger partial charge in [-0.05, 0) is 48.9 Å². The van der Waals surface area contributed by atoms with E-state index < -0.39 is 0 Å². The molecule has 0 spiro atoms. The minimum absolute atomic E-state index is 0.192. The van der Waals surface area contributed by atoms with E-state index in [2.05, 4.69) is 10.4 Å². The van der Waals surface area contributed by atoms with Gasteiger partial charge in [-0.1, -0.05) is 23.2 Å². The Kier molecular flexibility index (Phi) is 7.55. The number of nitrogens with zero attached hydrogens (tertiary/aromatic N) is 2. The molecule has 0 fully saturated rings. The van der Waals surface area contributed by atoms with Gasteiger partial charge in [0.05, 0.1) is 30.0 Å². The lowest BCUT2D eigenvalue weighted by Crippen LogP contribution is -2.23. The molecular weight excluding hydrogens is 441 g/mol. The molecule has 162 valence electrons. The Hall–Kier alpha value is -3.03. The lowest BCUT2D eigenvalue weighted by Gasteiger charge is -2.11. The van der Waals surface area contributed by atoms with Gasteiger partial charge in [-0.25, -0.2) is 4.68 Å². The third kappa shape index (κ3) is 5.77. The van der Waals surface area contributed by atoms with Crippen LogP contribution in [0.1, 0.15) is 12.8 Å². The highest BCUT2D eigenvalue weighted by molar-refractivity contribution is 6.42. The molecule has 1 heterocycles.